The molecule has 160 valence electrons. The van der Waals surface area contributed by atoms with Crippen LogP contribution in [0.4, 0.5) is 4.79 Å². The predicted molar refractivity (Wildman–Crippen MR) is 116 cm³/mol. The average Bonchev–Trinajstić information content (AvgIpc) is 3.07. The van der Waals surface area contributed by atoms with Gasteiger partial charge in [0.25, 0.3) is 0 Å². The fourth-order valence-electron chi connectivity index (χ4n) is 3.47. The number of carboxylic acid groups (broad SMARTS) is 1. The number of alkyl carbamates (subject to hydrolysis) is 1. The van der Waals surface area contributed by atoms with Crippen molar-refractivity contribution in [3.8, 4) is 11.1 Å². The maximum absolute atomic E-state index is 12.1. The van der Waals surface area contributed by atoms with Gasteiger partial charge in [0.1, 0.15) is 12.6 Å². The third-order valence-corrected chi connectivity index (χ3v) is 4.88. The SMILES string of the molecule is Cl.N=C(N)NCCCC(NC(=O)OCc1cccc2c1Cc1ccccc1-2)C(=O)O. The maximum Gasteiger partial charge on any atom is 0.408 e. The monoisotopic (exact) mass is 432 g/mol. The van der Waals surface area contributed by atoms with Crippen LogP contribution < -0.4 is 16.4 Å². The van der Waals surface area contributed by atoms with Gasteiger partial charge in [-0.15, -0.1) is 12.4 Å². The standard InChI is InChI=1S/C21H24N4O4.ClH/c22-20(23)24-10-4-9-18(19(26)27)25-21(28)29-12-14-6-3-8-16-15-7-2-1-5-13(15)11-17(14)16;/h1-3,5-8,18H,4,9-12H2,(H,25,28)(H,26,27)(H4,22,23,24);1H. The minimum Gasteiger partial charge on any atom is -0.480 e. The minimum atomic E-state index is -1.14. The van der Waals surface area contributed by atoms with Crippen LogP contribution in [0.15, 0.2) is 42.5 Å². The Hall–Kier alpha value is -3.26. The number of hydrogen-bond donors (Lipinski definition) is 5. The summed E-state index contributed by atoms with van der Waals surface area (Å²) < 4.78 is 5.29. The maximum atomic E-state index is 12.1. The van der Waals surface area contributed by atoms with E-state index in [1.54, 1.807) is 0 Å². The number of nitrogens with one attached hydrogen (secondary N) is 3. The van der Waals surface area contributed by atoms with Crippen molar-refractivity contribution in [2.75, 3.05) is 6.54 Å². The largest absolute Gasteiger partial charge is 0.480 e. The molecular formula is C21H25ClN4O4. The van der Waals surface area contributed by atoms with Gasteiger partial charge in [-0.25, -0.2) is 9.59 Å². The normalized spacial score (nSPS) is 12.0. The molecule has 0 spiro atoms. The zero-order chi connectivity index (χ0) is 20.8. The van der Waals surface area contributed by atoms with Crippen LogP contribution in [0.2, 0.25) is 0 Å². The van der Waals surface area contributed by atoms with E-state index in [4.69, 9.17) is 15.9 Å². The van der Waals surface area contributed by atoms with Gasteiger partial charge in [-0.1, -0.05) is 42.5 Å². The first-order chi connectivity index (χ1) is 14.0. The molecule has 9 heteroatoms. The van der Waals surface area contributed by atoms with Crippen molar-refractivity contribution in [3.05, 3.63) is 59.2 Å². The first-order valence-electron chi connectivity index (χ1n) is 9.38. The second kappa shape index (κ2) is 10.5. The van der Waals surface area contributed by atoms with Crippen molar-refractivity contribution in [1.82, 2.24) is 10.6 Å². The number of fused-ring (bicyclic) bond motifs is 3. The summed E-state index contributed by atoms with van der Waals surface area (Å²) in [5.74, 6) is -1.32. The van der Waals surface area contributed by atoms with Crippen molar-refractivity contribution in [2.24, 2.45) is 5.73 Å². The molecule has 1 aliphatic carbocycles. The van der Waals surface area contributed by atoms with Crippen LogP contribution in [0.5, 0.6) is 0 Å². The Labute approximate surface area is 180 Å². The lowest BCUT2D eigenvalue weighted by Crippen LogP contribution is -2.41. The van der Waals surface area contributed by atoms with Crippen LogP contribution in [-0.4, -0.2) is 35.7 Å². The molecule has 0 bridgehead atoms. The van der Waals surface area contributed by atoms with E-state index in [0.717, 1.165) is 23.1 Å². The van der Waals surface area contributed by atoms with Gasteiger partial charge in [-0.05, 0) is 47.1 Å². The molecule has 1 atom stereocenters. The number of carbonyl (C=O) groups excluding carboxylic acids is 1. The van der Waals surface area contributed by atoms with E-state index < -0.39 is 18.1 Å². The van der Waals surface area contributed by atoms with Crippen molar-refractivity contribution >= 4 is 30.4 Å². The molecule has 0 saturated carbocycles. The molecule has 0 fully saturated rings. The Kier molecular flexibility index (Phi) is 8.06. The van der Waals surface area contributed by atoms with Gasteiger partial charge in [0.05, 0.1) is 0 Å². The van der Waals surface area contributed by atoms with E-state index in [2.05, 4.69) is 28.8 Å². The molecule has 2 aromatic carbocycles. The number of guanidine groups is 1. The lowest BCUT2D eigenvalue weighted by Gasteiger charge is -2.15. The molecular weight excluding hydrogens is 408 g/mol. The van der Waals surface area contributed by atoms with Gasteiger partial charge < -0.3 is 26.2 Å². The van der Waals surface area contributed by atoms with Crippen LogP contribution in [0.3, 0.4) is 0 Å². The molecule has 0 heterocycles. The number of rotatable bonds is 8. The van der Waals surface area contributed by atoms with Gasteiger partial charge in [0.15, 0.2) is 5.96 Å². The molecule has 8 nitrogen and oxygen atoms in total. The van der Waals surface area contributed by atoms with E-state index in [-0.39, 0.29) is 31.4 Å². The number of aliphatic carboxylic acids is 1. The summed E-state index contributed by atoms with van der Waals surface area (Å²) in [6, 6.07) is 13.0. The highest BCUT2D eigenvalue weighted by Gasteiger charge is 2.23. The number of carbonyl (C=O) groups is 2. The fourth-order valence-corrected chi connectivity index (χ4v) is 3.47. The number of ether oxygens (including phenoxy) is 1. The number of nitrogens with two attached hydrogens (primary N) is 1. The highest BCUT2D eigenvalue weighted by molar-refractivity contribution is 5.85. The van der Waals surface area contributed by atoms with Crippen molar-refractivity contribution < 1.29 is 19.4 Å². The molecule has 30 heavy (non-hydrogen) atoms. The van der Waals surface area contributed by atoms with E-state index in [1.807, 2.05) is 24.3 Å². The van der Waals surface area contributed by atoms with Gasteiger partial charge in [-0.3, -0.25) is 5.41 Å². The molecule has 6 N–H and O–H groups in total. The lowest BCUT2D eigenvalue weighted by molar-refractivity contribution is -0.139. The van der Waals surface area contributed by atoms with E-state index in [1.165, 1.54) is 11.1 Å². The second-order valence-electron chi connectivity index (χ2n) is 6.87. The number of hydrogen-bond acceptors (Lipinski definition) is 4. The van der Waals surface area contributed by atoms with E-state index >= 15 is 0 Å². The topological polar surface area (TPSA) is 138 Å². The van der Waals surface area contributed by atoms with Crippen molar-refractivity contribution in [1.29, 1.82) is 5.41 Å². The molecule has 0 radical (unpaired) electrons. The Morgan fingerprint density at radius 2 is 1.90 bits per heavy atom. The minimum absolute atomic E-state index is 0. The first-order valence-corrected chi connectivity index (χ1v) is 9.38. The van der Waals surface area contributed by atoms with Gasteiger partial charge in [0, 0.05) is 6.54 Å². The smallest absolute Gasteiger partial charge is 0.408 e. The highest BCUT2D eigenvalue weighted by atomic mass is 35.5. The Balaban J connectivity index is 0.00000320. The summed E-state index contributed by atoms with van der Waals surface area (Å²) in [5, 5.41) is 21.3. The molecule has 0 saturated heterocycles. The van der Waals surface area contributed by atoms with Crippen LogP contribution in [0.1, 0.15) is 29.5 Å². The predicted octanol–water partition coefficient (Wildman–Crippen LogP) is 2.62. The summed E-state index contributed by atoms with van der Waals surface area (Å²) in [7, 11) is 0. The number of halogens is 1. The molecule has 1 aliphatic rings. The van der Waals surface area contributed by atoms with Gasteiger partial charge in [0.2, 0.25) is 0 Å². The zero-order valence-electron chi connectivity index (χ0n) is 16.3. The number of benzene rings is 2. The second-order valence-corrected chi connectivity index (χ2v) is 6.87. The molecule has 1 amide bonds. The van der Waals surface area contributed by atoms with Gasteiger partial charge in [-0.2, -0.15) is 0 Å². The Morgan fingerprint density at radius 1 is 1.17 bits per heavy atom. The third-order valence-electron chi connectivity index (χ3n) is 4.88. The highest BCUT2D eigenvalue weighted by Crippen LogP contribution is 2.38. The molecule has 0 aliphatic heterocycles. The van der Waals surface area contributed by atoms with E-state index in [9.17, 15) is 14.7 Å². The van der Waals surface area contributed by atoms with Crippen LogP contribution >= 0.6 is 12.4 Å². The molecule has 2 aromatic rings. The number of carboxylic acids is 1. The lowest BCUT2D eigenvalue weighted by atomic mass is 10.0. The fraction of sp³-hybridized carbons (Fsp3) is 0.286. The third kappa shape index (κ3) is 5.64. The Bertz CT molecular complexity index is 935. The summed E-state index contributed by atoms with van der Waals surface area (Å²) in [6.45, 7) is 0.424. The summed E-state index contributed by atoms with van der Waals surface area (Å²) >= 11 is 0. The number of amides is 1. The summed E-state index contributed by atoms with van der Waals surface area (Å²) in [6.07, 6.45) is 0.639. The van der Waals surface area contributed by atoms with E-state index in [0.29, 0.717) is 13.0 Å². The Morgan fingerprint density at radius 3 is 2.63 bits per heavy atom. The van der Waals surface area contributed by atoms with Crippen molar-refractivity contribution in [2.45, 2.75) is 31.9 Å². The molecule has 0 aromatic heterocycles. The van der Waals surface area contributed by atoms with Crippen LogP contribution in [0, 0.1) is 5.41 Å². The molecule has 1 unspecified atom stereocenters. The zero-order valence-corrected chi connectivity index (χ0v) is 17.1. The van der Waals surface area contributed by atoms with Crippen molar-refractivity contribution in [3.63, 3.8) is 0 Å². The van der Waals surface area contributed by atoms with Crippen LogP contribution in [0.25, 0.3) is 11.1 Å². The first kappa shape index (κ1) is 23.0. The molecule has 3 rings (SSSR count). The summed E-state index contributed by atoms with van der Waals surface area (Å²) in [5.41, 5.74) is 10.8. The quantitative estimate of drug-likeness (QED) is 0.211. The van der Waals surface area contributed by atoms with Crippen LogP contribution in [-0.2, 0) is 22.6 Å². The van der Waals surface area contributed by atoms with Gasteiger partial charge >= 0.3 is 12.1 Å². The average molecular weight is 433 g/mol. The summed E-state index contributed by atoms with van der Waals surface area (Å²) in [4.78, 5) is 23.5.